The zero-order chi connectivity index (χ0) is 21.4. The van der Waals surface area contributed by atoms with Gasteiger partial charge in [-0.15, -0.1) is 0 Å². The van der Waals surface area contributed by atoms with Crippen molar-refractivity contribution in [3.05, 3.63) is 83.5 Å². The second-order valence-electron chi connectivity index (χ2n) is 7.79. The van der Waals surface area contributed by atoms with E-state index in [4.69, 9.17) is 14.6 Å². The molecule has 5 rings (SSSR count). The summed E-state index contributed by atoms with van der Waals surface area (Å²) in [5.74, 6) is 1.83. The topological polar surface area (TPSA) is 67.3 Å². The Hall–Kier alpha value is -3.38. The average Bonchev–Trinajstić information content (AvgIpc) is 3.34. The third kappa shape index (κ3) is 3.33. The Morgan fingerprint density at radius 3 is 2.68 bits per heavy atom. The highest BCUT2D eigenvalue weighted by atomic mass is 16.5. The van der Waals surface area contributed by atoms with E-state index in [9.17, 15) is 0 Å². The molecule has 4 aromatic rings. The van der Waals surface area contributed by atoms with Crippen molar-refractivity contribution < 1.29 is 9.15 Å². The van der Waals surface area contributed by atoms with Crippen LogP contribution in [0.3, 0.4) is 0 Å². The lowest BCUT2D eigenvalue weighted by molar-refractivity contribution is 0.286. The maximum Gasteiger partial charge on any atom is 0.228 e. The summed E-state index contributed by atoms with van der Waals surface area (Å²) in [7, 11) is 0. The molecule has 1 atom stereocenters. The Balaban J connectivity index is 1.66. The lowest BCUT2D eigenvalue weighted by atomic mass is 9.86. The number of fused-ring (bicyclic) bond motifs is 4. The maximum absolute atomic E-state index is 9.00. The van der Waals surface area contributed by atoms with Crippen molar-refractivity contribution in [1.82, 2.24) is 14.5 Å². The van der Waals surface area contributed by atoms with Gasteiger partial charge < -0.3 is 18.6 Å². The van der Waals surface area contributed by atoms with Crippen LogP contribution in [0.25, 0.3) is 10.8 Å². The first kappa shape index (κ1) is 19.6. The Kier molecular flexibility index (Phi) is 5.08. The minimum atomic E-state index is -0.237. The van der Waals surface area contributed by atoms with Crippen molar-refractivity contribution in [2.24, 2.45) is 0 Å². The Morgan fingerprint density at radius 1 is 1.06 bits per heavy atom. The molecule has 0 radical (unpaired) electrons. The van der Waals surface area contributed by atoms with Crippen LogP contribution in [0.1, 0.15) is 36.7 Å². The van der Waals surface area contributed by atoms with Crippen LogP contribution in [-0.4, -0.2) is 34.1 Å². The number of furan rings is 1. The van der Waals surface area contributed by atoms with E-state index in [1.54, 1.807) is 12.6 Å². The van der Waals surface area contributed by atoms with Gasteiger partial charge in [-0.2, -0.15) is 0 Å². The number of nitrogens with zero attached hydrogens (tertiary/aromatic N) is 3. The summed E-state index contributed by atoms with van der Waals surface area (Å²) in [6.45, 7) is 7.86. The minimum absolute atomic E-state index is 0.237. The van der Waals surface area contributed by atoms with Crippen molar-refractivity contribution in [2.45, 2.75) is 26.3 Å². The van der Waals surface area contributed by atoms with E-state index < -0.39 is 0 Å². The molecule has 0 spiro atoms. The second-order valence-corrected chi connectivity index (χ2v) is 7.79. The molecule has 1 N–H and O–H groups in total. The van der Waals surface area contributed by atoms with Crippen molar-refractivity contribution in [3.8, 4) is 11.6 Å². The number of aromatic nitrogens is 2. The van der Waals surface area contributed by atoms with Gasteiger partial charge in [0.05, 0.1) is 17.7 Å². The fourth-order valence-corrected chi connectivity index (χ4v) is 4.41. The molecule has 3 heterocycles. The Bertz CT molecular complexity index is 1270. The molecule has 1 aliphatic heterocycles. The third-order valence-electron chi connectivity index (χ3n) is 6.17. The van der Waals surface area contributed by atoms with Crippen molar-refractivity contribution in [2.75, 3.05) is 19.6 Å². The van der Waals surface area contributed by atoms with Crippen LogP contribution in [0.5, 0.6) is 11.6 Å². The van der Waals surface area contributed by atoms with E-state index in [1.165, 1.54) is 0 Å². The Morgan fingerprint density at radius 2 is 1.90 bits per heavy atom. The number of benzene rings is 2. The highest BCUT2D eigenvalue weighted by molar-refractivity contribution is 5.91. The summed E-state index contributed by atoms with van der Waals surface area (Å²) in [4.78, 5) is 6.98. The smallest absolute Gasteiger partial charge is 0.228 e. The fraction of sp³-hybridized carbons (Fsp3) is 0.280. The molecule has 0 saturated carbocycles. The fourth-order valence-electron chi connectivity index (χ4n) is 4.41. The van der Waals surface area contributed by atoms with Crippen molar-refractivity contribution in [3.63, 3.8) is 0 Å². The summed E-state index contributed by atoms with van der Waals surface area (Å²) in [6, 6.07) is 16.2. The van der Waals surface area contributed by atoms with Gasteiger partial charge >= 0.3 is 0 Å². The van der Waals surface area contributed by atoms with E-state index >= 15 is 0 Å². The summed E-state index contributed by atoms with van der Waals surface area (Å²) in [6.07, 6.45) is 3.40. The van der Waals surface area contributed by atoms with Gasteiger partial charge in [-0.05, 0) is 30.6 Å². The van der Waals surface area contributed by atoms with Gasteiger partial charge in [-0.25, -0.2) is 4.98 Å². The summed E-state index contributed by atoms with van der Waals surface area (Å²) in [5, 5.41) is 11.1. The lowest BCUT2D eigenvalue weighted by Gasteiger charge is -2.28. The van der Waals surface area contributed by atoms with E-state index in [-0.39, 0.29) is 5.92 Å². The molecule has 6 heteroatoms. The van der Waals surface area contributed by atoms with Crippen LogP contribution in [0, 0.1) is 5.41 Å². The normalized spacial score (nSPS) is 15.0. The largest absolute Gasteiger partial charge is 0.468 e. The van der Waals surface area contributed by atoms with E-state index in [0.29, 0.717) is 17.9 Å². The number of likely N-dealkylation sites (N-methyl/N-ethyl adjacent to an activating group) is 1. The number of rotatable bonds is 6. The molecule has 2 aromatic heterocycles. The average molecular weight is 415 g/mol. The second kappa shape index (κ2) is 8.04. The van der Waals surface area contributed by atoms with Crippen LogP contribution in [0.15, 0.2) is 65.5 Å². The van der Waals surface area contributed by atoms with Crippen LogP contribution in [-0.2, 0) is 6.54 Å². The quantitative estimate of drug-likeness (QED) is 0.436. The van der Waals surface area contributed by atoms with Crippen LogP contribution in [0.2, 0.25) is 0 Å². The van der Waals surface area contributed by atoms with Gasteiger partial charge in [-0.3, -0.25) is 5.41 Å². The first-order valence-corrected chi connectivity index (χ1v) is 10.8. The van der Waals surface area contributed by atoms with E-state index in [0.717, 1.165) is 53.0 Å². The van der Waals surface area contributed by atoms with Crippen LogP contribution in [0.4, 0.5) is 0 Å². The summed E-state index contributed by atoms with van der Waals surface area (Å²) < 4.78 is 14.1. The number of hydrogen-bond acceptors (Lipinski definition) is 5. The predicted molar refractivity (Wildman–Crippen MR) is 120 cm³/mol. The molecule has 2 aromatic carbocycles. The first-order chi connectivity index (χ1) is 15.2. The van der Waals surface area contributed by atoms with E-state index in [2.05, 4.69) is 48.0 Å². The SMILES string of the molecule is CCN(CC)CCn1cnc2c(c1=N)[C@H](c1ccco1)c1ccc3ccccc3c1O2. The van der Waals surface area contributed by atoms with Crippen molar-refractivity contribution >= 4 is 10.8 Å². The molecular weight excluding hydrogens is 388 g/mol. The zero-order valence-electron chi connectivity index (χ0n) is 17.8. The molecule has 0 aliphatic carbocycles. The van der Waals surface area contributed by atoms with Crippen molar-refractivity contribution in [1.29, 1.82) is 5.41 Å². The number of nitrogens with one attached hydrogen (secondary N) is 1. The van der Waals surface area contributed by atoms with Gasteiger partial charge in [0.1, 0.15) is 23.3 Å². The molecule has 0 amide bonds. The monoisotopic (exact) mass is 414 g/mol. The lowest BCUT2D eigenvalue weighted by Crippen LogP contribution is -2.34. The highest BCUT2D eigenvalue weighted by Gasteiger charge is 2.34. The molecule has 0 saturated heterocycles. The van der Waals surface area contributed by atoms with Crippen LogP contribution >= 0.6 is 0 Å². The molecule has 0 bridgehead atoms. The molecule has 1 aliphatic rings. The summed E-state index contributed by atoms with van der Waals surface area (Å²) in [5.41, 5.74) is 2.16. The maximum atomic E-state index is 9.00. The third-order valence-corrected chi connectivity index (χ3v) is 6.17. The molecule has 0 fully saturated rings. The molecule has 31 heavy (non-hydrogen) atoms. The molecule has 158 valence electrons. The molecule has 0 unspecified atom stereocenters. The highest BCUT2D eigenvalue weighted by Crippen LogP contribution is 2.47. The molecule has 6 nitrogen and oxygen atoms in total. The minimum Gasteiger partial charge on any atom is -0.468 e. The standard InChI is InChI=1S/C25H26N4O2/c1-3-28(4-2)13-14-29-16-27-25-22(24(29)26)21(20-10-7-15-30-20)19-12-11-17-8-5-6-9-18(17)23(19)31-25/h5-12,15-16,21,26H,3-4,13-14H2,1-2H3/t21-/m0/s1. The van der Waals surface area contributed by atoms with Gasteiger partial charge in [0.2, 0.25) is 5.88 Å². The predicted octanol–water partition coefficient (Wildman–Crippen LogP) is 4.74. The van der Waals surface area contributed by atoms with Gasteiger partial charge in [0, 0.05) is 24.0 Å². The summed E-state index contributed by atoms with van der Waals surface area (Å²) >= 11 is 0. The number of ether oxygens (including phenoxy) is 1. The number of hydrogen-bond donors (Lipinski definition) is 1. The first-order valence-electron chi connectivity index (χ1n) is 10.8. The van der Waals surface area contributed by atoms with Gasteiger partial charge in [0.25, 0.3) is 0 Å². The Labute approximate surface area is 181 Å². The van der Waals surface area contributed by atoms with Gasteiger partial charge in [-0.1, -0.05) is 50.2 Å². The van der Waals surface area contributed by atoms with E-state index in [1.807, 2.05) is 28.8 Å². The van der Waals surface area contributed by atoms with Crippen LogP contribution < -0.4 is 10.2 Å². The zero-order valence-corrected chi connectivity index (χ0v) is 17.8. The molecular formula is C25H26N4O2. The van der Waals surface area contributed by atoms with Gasteiger partial charge in [0.15, 0.2) is 0 Å².